The highest BCUT2D eigenvalue weighted by Gasteiger charge is 2.30. The second kappa shape index (κ2) is 5.28. The van der Waals surface area contributed by atoms with Gasteiger partial charge in [0.05, 0.1) is 11.7 Å². The highest BCUT2D eigenvalue weighted by molar-refractivity contribution is 6.00. The number of aryl methyl sites for hydroxylation is 1. The first-order valence-electron chi connectivity index (χ1n) is 6.67. The van der Waals surface area contributed by atoms with Crippen molar-refractivity contribution in [2.45, 2.75) is 32.8 Å². The van der Waals surface area contributed by atoms with Crippen molar-refractivity contribution in [1.29, 1.82) is 0 Å². The molecule has 1 amide bonds. The number of carbonyl (C=O) groups excluding carboxylic acids is 1. The van der Waals surface area contributed by atoms with Crippen LogP contribution in [0, 0.1) is 19.8 Å². The number of H-pyrrole nitrogens is 1. The van der Waals surface area contributed by atoms with E-state index in [9.17, 15) is 14.7 Å². The molecule has 0 radical (unpaired) electrons. The Morgan fingerprint density at radius 1 is 1.35 bits per heavy atom. The minimum absolute atomic E-state index is 0.0679. The van der Waals surface area contributed by atoms with Crippen molar-refractivity contribution < 1.29 is 19.8 Å². The highest BCUT2D eigenvalue weighted by atomic mass is 16.4. The fourth-order valence-corrected chi connectivity index (χ4v) is 2.80. The summed E-state index contributed by atoms with van der Waals surface area (Å²) < 4.78 is 0. The summed E-state index contributed by atoms with van der Waals surface area (Å²) in [6.07, 6.45) is 1.21. The van der Waals surface area contributed by atoms with Gasteiger partial charge in [-0.05, 0) is 38.2 Å². The smallest absolute Gasteiger partial charge is 0.352 e. The summed E-state index contributed by atoms with van der Waals surface area (Å²) in [5.41, 5.74) is 1.55. The van der Waals surface area contributed by atoms with Gasteiger partial charge < -0.3 is 20.1 Å². The zero-order valence-corrected chi connectivity index (χ0v) is 11.9. The van der Waals surface area contributed by atoms with Gasteiger partial charge in [0.25, 0.3) is 5.91 Å². The van der Waals surface area contributed by atoms with E-state index in [2.05, 4.69) is 4.98 Å². The molecule has 1 heterocycles. The van der Waals surface area contributed by atoms with E-state index in [-0.39, 0.29) is 17.7 Å². The SMILES string of the molecule is Cc1[nH]c(C(=O)O)c(C)c1C(=O)N(C)CC1CC(O)C1. The van der Waals surface area contributed by atoms with Crippen molar-refractivity contribution in [2.24, 2.45) is 5.92 Å². The van der Waals surface area contributed by atoms with Crippen LogP contribution in [0.15, 0.2) is 0 Å². The molecule has 2 rings (SSSR count). The van der Waals surface area contributed by atoms with Crippen LogP contribution in [0.5, 0.6) is 0 Å². The van der Waals surface area contributed by atoms with Crippen LogP contribution in [0.25, 0.3) is 0 Å². The lowest BCUT2D eigenvalue weighted by atomic mass is 9.82. The molecule has 1 aliphatic rings. The highest BCUT2D eigenvalue weighted by Crippen LogP contribution is 2.28. The summed E-state index contributed by atoms with van der Waals surface area (Å²) in [5, 5.41) is 18.3. The minimum Gasteiger partial charge on any atom is -0.477 e. The molecule has 1 aromatic rings. The topological polar surface area (TPSA) is 93.6 Å². The third-order valence-electron chi connectivity index (χ3n) is 3.95. The maximum Gasteiger partial charge on any atom is 0.352 e. The third-order valence-corrected chi connectivity index (χ3v) is 3.95. The van der Waals surface area contributed by atoms with Gasteiger partial charge in [0, 0.05) is 19.3 Å². The number of carboxylic acid groups (broad SMARTS) is 1. The average molecular weight is 280 g/mol. The van der Waals surface area contributed by atoms with E-state index in [1.165, 1.54) is 0 Å². The molecule has 0 atom stereocenters. The van der Waals surface area contributed by atoms with Crippen LogP contribution in [0.3, 0.4) is 0 Å². The number of carboxylic acids is 1. The number of nitrogens with zero attached hydrogens (tertiary/aromatic N) is 1. The molecule has 0 spiro atoms. The predicted octanol–water partition coefficient (Wildman–Crippen LogP) is 1.17. The first-order chi connectivity index (χ1) is 9.31. The maximum absolute atomic E-state index is 12.4. The second-order valence-electron chi connectivity index (χ2n) is 5.61. The number of aliphatic hydroxyl groups is 1. The quantitative estimate of drug-likeness (QED) is 0.771. The Hall–Kier alpha value is -1.82. The van der Waals surface area contributed by atoms with Crippen LogP contribution >= 0.6 is 0 Å². The number of hydrogen-bond donors (Lipinski definition) is 3. The Kier molecular flexibility index (Phi) is 3.85. The lowest BCUT2D eigenvalue weighted by Crippen LogP contribution is -2.39. The Labute approximate surface area is 117 Å². The van der Waals surface area contributed by atoms with Crippen molar-refractivity contribution in [3.05, 3.63) is 22.5 Å². The van der Waals surface area contributed by atoms with E-state index in [1.54, 1.807) is 25.8 Å². The van der Waals surface area contributed by atoms with Crippen molar-refractivity contribution in [3.8, 4) is 0 Å². The molecule has 0 bridgehead atoms. The lowest BCUT2D eigenvalue weighted by Gasteiger charge is -2.34. The van der Waals surface area contributed by atoms with Crippen molar-refractivity contribution in [3.63, 3.8) is 0 Å². The number of aromatic carboxylic acids is 1. The van der Waals surface area contributed by atoms with Crippen LogP contribution in [0.2, 0.25) is 0 Å². The lowest BCUT2D eigenvalue weighted by molar-refractivity contribution is 0.0265. The van der Waals surface area contributed by atoms with E-state index in [4.69, 9.17) is 5.11 Å². The van der Waals surface area contributed by atoms with Gasteiger partial charge in [-0.1, -0.05) is 0 Å². The number of nitrogens with one attached hydrogen (secondary N) is 1. The van der Waals surface area contributed by atoms with Crippen LogP contribution in [-0.4, -0.2) is 51.7 Å². The summed E-state index contributed by atoms with van der Waals surface area (Å²) in [7, 11) is 1.71. The molecule has 0 aliphatic heterocycles. The van der Waals surface area contributed by atoms with Gasteiger partial charge in [-0.25, -0.2) is 4.79 Å². The standard InChI is InChI=1S/C14H20N2O4/c1-7-11(8(2)15-12(7)14(19)20)13(18)16(3)6-9-4-10(17)5-9/h9-10,15,17H,4-6H2,1-3H3,(H,19,20). The molecule has 0 saturated heterocycles. The van der Waals surface area contributed by atoms with Crippen molar-refractivity contribution in [2.75, 3.05) is 13.6 Å². The van der Waals surface area contributed by atoms with Gasteiger partial charge in [0.15, 0.2) is 0 Å². The van der Waals surface area contributed by atoms with Crippen LogP contribution in [0.4, 0.5) is 0 Å². The minimum atomic E-state index is -1.06. The Balaban J connectivity index is 2.14. The molecule has 1 fully saturated rings. The van der Waals surface area contributed by atoms with Gasteiger partial charge >= 0.3 is 5.97 Å². The largest absolute Gasteiger partial charge is 0.477 e. The predicted molar refractivity (Wildman–Crippen MR) is 72.9 cm³/mol. The molecule has 6 heteroatoms. The van der Waals surface area contributed by atoms with Crippen LogP contribution in [0.1, 0.15) is 44.9 Å². The van der Waals surface area contributed by atoms with E-state index in [0.29, 0.717) is 29.3 Å². The zero-order valence-electron chi connectivity index (χ0n) is 11.9. The number of hydrogen-bond acceptors (Lipinski definition) is 3. The molecule has 6 nitrogen and oxygen atoms in total. The third kappa shape index (κ3) is 2.56. The van der Waals surface area contributed by atoms with Gasteiger partial charge in [-0.3, -0.25) is 4.79 Å². The molecular weight excluding hydrogens is 260 g/mol. The molecule has 1 saturated carbocycles. The number of amides is 1. The van der Waals surface area contributed by atoms with Gasteiger partial charge in [-0.15, -0.1) is 0 Å². The normalized spacial score (nSPS) is 21.4. The average Bonchev–Trinajstić information content (AvgIpc) is 2.62. The summed E-state index contributed by atoms with van der Waals surface area (Å²) in [6, 6.07) is 0. The Morgan fingerprint density at radius 3 is 2.40 bits per heavy atom. The van der Waals surface area contributed by atoms with E-state index in [0.717, 1.165) is 12.8 Å². The summed E-state index contributed by atoms with van der Waals surface area (Å²) in [4.78, 5) is 27.8. The van der Waals surface area contributed by atoms with Gasteiger partial charge in [0.1, 0.15) is 5.69 Å². The summed E-state index contributed by atoms with van der Waals surface area (Å²) in [6.45, 7) is 3.93. The number of carbonyl (C=O) groups is 2. The molecule has 110 valence electrons. The Morgan fingerprint density at radius 2 is 1.95 bits per heavy atom. The van der Waals surface area contributed by atoms with E-state index in [1.807, 2.05) is 0 Å². The maximum atomic E-state index is 12.4. The fourth-order valence-electron chi connectivity index (χ4n) is 2.80. The van der Waals surface area contributed by atoms with E-state index < -0.39 is 5.97 Å². The number of rotatable bonds is 4. The first kappa shape index (κ1) is 14.6. The van der Waals surface area contributed by atoms with E-state index >= 15 is 0 Å². The van der Waals surface area contributed by atoms with Crippen molar-refractivity contribution >= 4 is 11.9 Å². The molecule has 1 aromatic heterocycles. The number of aliphatic hydroxyl groups excluding tert-OH is 1. The molecule has 1 aliphatic carbocycles. The van der Waals surface area contributed by atoms with Crippen molar-refractivity contribution in [1.82, 2.24) is 9.88 Å². The Bertz CT molecular complexity index is 544. The number of aromatic amines is 1. The molecule has 20 heavy (non-hydrogen) atoms. The molecule has 3 N–H and O–H groups in total. The number of aromatic nitrogens is 1. The summed E-state index contributed by atoms with van der Waals surface area (Å²) >= 11 is 0. The van der Waals surface area contributed by atoms with Gasteiger partial charge in [-0.2, -0.15) is 0 Å². The summed E-state index contributed by atoms with van der Waals surface area (Å²) in [5.74, 6) is -0.906. The zero-order chi connectivity index (χ0) is 15.0. The first-order valence-corrected chi connectivity index (χ1v) is 6.67. The second-order valence-corrected chi connectivity index (χ2v) is 5.61. The van der Waals surface area contributed by atoms with Crippen LogP contribution in [-0.2, 0) is 0 Å². The molecular formula is C14H20N2O4. The van der Waals surface area contributed by atoms with Gasteiger partial charge in [0.2, 0.25) is 0 Å². The molecule has 0 aromatic carbocycles. The fraction of sp³-hybridized carbons (Fsp3) is 0.571. The molecule has 0 unspecified atom stereocenters. The monoisotopic (exact) mass is 280 g/mol. The van der Waals surface area contributed by atoms with Crippen LogP contribution < -0.4 is 0 Å².